The number of hydrogen-bond acceptors (Lipinski definition) is 3. The minimum absolute atomic E-state index is 0.328. The maximum absolute atomic E-state index is 11.8. The van der Waals surface area contributed by atoms with Gasteiger partial charge in [-0.05, 0) is 43.7 Å². The topological polar surface area (TPSA) is 87.3 Å². The van der Waals surface area contributed by atoms with Crippen LogP contribution < -0.4 is 16.0 Å². The van der Waals surface area contributed by atoms with E-state index < -0.39 is 17.7 Å². The number of carbonyl (C=O) groups is 3. The molecule has 6 nitrogen and oxygen atoms in total. The number of amides is 3. The lowest BCUT2D eigenvalue weighted by Crippen LogP contribution is -2.39. The zero-order valence-corrected chi connectivity index (χ0v) is 14.6. The summed E-state index contributed by atoms with van der Waals surface area (Å²) >= 11 is 5.98. The van der Waals surface area contributed by atoms with E-state index in [1.165, 1.54) is 0 Å². The Morgan fingerprint density at radius 1 is 0.880 bits per heavy atom. The first kappa shape index (κ1) is 18.5. The van der Waals surface area contributed by atoms with E-state index in [1.54, 1.807) is 30.3 Å². The van der Waals surface area contributed by atoms with Gasteiger partial charge in [-0.25, -0.2) is 0 Å². The number of benzene rings is 2. The number of rotatable bonds is 4. The van der Waals surface area contributed by atoms with Crippen molar-refractivity contribution in [3.63, 3.8) is 0 Å². The van der Waals surface area contributed by atoms with Crippen molar-refractivity contribution in [2.45, 2.75) is 13.8 Å². The molecule has 0 spiro atoms. The number of aryl methyl sites for hydroxylation is 2. The lowest BCUT2D eigenvalue weighted by Gasteiger charge is -2.08. The molecule has 0 radical (unpaired) electrons. The van der Waals surface area contributed by atoms with Crippen LogP contribution in [-0.4, -0.2) is 24.3 Å². The van der Waals surface area contributed by atoms with Crippen LogP contribution in [0.5, 0.6) is 0 Å². The molecule has 0 fully saturated rings. The van der Waals surface area contributed by atoms with Gasteiger partial charge in [-0.15, -0.1) is 0 Å². The van der Waals surface area contributed by atoms with Gasteiger partial charge in [-0.2, -0.15) is 0 Å². The third-order valence-corrected chi connectivity index (χ3v) is 3.79. The molecule has 7 heteroatoms. The minimum Gasteiger partial charge on any atom is -0.339 e. The second-order valence-electron chi connectivity index (χ2n) is 5.51. The van der Waals surface area contributed by atoms with Crippen LogP contribution in [0.3, 0.4) is 0 Å². The molecule has 2 aromatic rings. The van der Waals surface area contributed by atoms with Gasteiger partial charge in [-0.3, -0.25) is 14.4 Å². The third kappa shape index (κ3) is 5.61. The highest BCUT2D eigenvalue weighted by Gasteiger charge is 2.15. The Morgan fingerprint density at radius 2 is 1.52 bits per heavy atom. The average molecular weight is 360 g/mol. The Kier molecular flexibility index (Phi) is 6.14. The van der Waals surface area contributed by atoms with Crippen LogP contribution in [0, 0.1) is 13.8 Å². The predicted octanol–water partition coefficient (Wildman–Crippen LogP) is 2.65. The summed E-state index contributed by atoms with van der Waals surface area (Å²) in [4.78, 5) is 35.4. The molecule has 130 valence electrons. The number of carbonyl (C=O) groups excluding carboxylic acids is 3. The maximum Gasteiger partial charge on any atom is 0.313 e. The molecule has 0 aliphatic heterocycles. The summed E-state index contributed by atoms with van der Waals surface area (Å²) in [6.45, 7) is 3.44. The molecule has 0 aliphatic rings. The lowest BCUT2D eigenvalue weighted by molar-refractivity contribution is -0.136. The monoisotopic (exact) mass is 359 g/mol. The van der Waals surface area contributed by atoms with Crippen molar-refractivity contribution in [3.05, 3.63) is 58.6 Å². The van der Waals surface area contributed by atoms with Crippen molar-refractivity contribution in [3.8, 4) is 0 Å². The molecule has 0 atom stereocenters. The van der Waals surface area contributed by atoms with Gasteiger partial charge >= 0.3 is 11.8 Å². The summed E-state index contributed by atoms with van der Waals surface area (Å²) < 4.78 is 0. The van der Waals surface area contributed by atoms with Gasteiger partial charge in [0.25, 0.3) is 0 Å². The van der Waals surface area contributed by atoms with Gasteiger partial charge in [0.05, 0.1) is 6.54 Å². The number of anilines is 2. The van der Waals surface area contributed by atoms with Crippen LogP contribution in [-0.2, 0) is 14.4 Å². The Labute approximate surface area is 150 Å². The van der Waals surface area contributed by atoms with Crippen molar-refractivity contribution < 1.29 is 14.4 Å². The summed E-state index contributed by atoms with van der Waals surface area (Å²) in [5.74, 6) is -2.19. The number of hydrogen-bond donors (Lipinski definition) is 3. The molecule has 0 heterocycles. The number of halogens is 1. The molecule has 0 aliphatic carbocycles. The number of nitrogens with one attached hydrogen (secondary N) is 3. The summed E-state index contributed by atoms with van der Waals surface area (Å²) in [6, 6.07) is 12.1. The molecule has 0 saturated heterocycles. The molecule has 0 unspecified atom stereocenters. The van der Waals surface area contributed by atoms with E-state index >= 15 is 0 Å². The fourth-order valence-corrected chi connectivity index (χ4v) is 2.12. The fourth-order valence-electron chi connectivity index (χ4n) is 1.94. The van der Waals surface area contributed by atoms with Crippen molar-refractivity contribution >= 4 is 40.7 Å². The first-order chi connectivity index (χ1) is 11.8. The standard InChI is InChI=1S/C18H18ClN3O3/c1-11-3-6-13(7-4-11)22-18(25)17(24)20-10-16(23)21-14-8-5-12(2)15(19)9-14/h3-9H,10H2,1-2H3,(H,20,24)(H,21,23)(H,22,25). The summed E-state index contributed by atoms with van der Waals surface area (Å²) in [5.41, 5.74) is 2.94. The van der Waals surface area contributed by atoms with Crippen LogP contribution in [0.15, 0.2) is 42.5 Å². The molecule has 0 aromatic heterocycles. The van der Waals surface area contributed by atoms with Crippen molar-refractivity contribution in [2.24, 2.45) is 0 Å². The smallest absolute Gasteiger partial charge is 0.313 e. The molecule has 3 N–H and O–H groups in total. The summed E-state index contributed by atoms with van der Waals surface area (Å²) in [5, 5.41) is 7.84. The van der Waals surface area contributed by atoms with Crippen molar-refractivity contribution in [2.75, 3.05) is 17.2 Å². The molecular weight excluding hydrogens is 342 g/mol. The van der Waals surface area contributed by atoms with E-state index in [2.05, 4.69) is 16.0 Å². The van der Waals surface area contributed by atoms with Crippen molar-refractivity contribution in [1.82, 2.24) is 5.32 Å². The van der Waals surface area contributed by atoms with Gasteiger partial charge in [0.2, 0.25) is 5.91 Å². The zero-order valence-electron chi connectivity index (χ0n) is 13.9. The van der Waals surface area contributed by atoms with E-state index in [1.807, 2.05) is 26.0 Å². The van der Waals surface area contributed by atoms with E-state index in [-0.39, 0.29) is 6.54 Å². The summed E-state index contributed by atoms with van der Waals surface area (Å²) in [6.07, 6.45) is 0. The molecule has 2 aromatic carbocycles. The zero-order chi connectivity index (χ0) is 18.4. The average Bonchev–Trinajstić information content (AvgIpc) is 2.58. The van der Waals surface area contributed by atoms with Gasteiger partial charge in [0, 0.05) is 16.4 Å². The van der Waals surface area contributed by atoms with Gasteiger partial charge in [0.15, 0.2) is 0 Å². The second kappa shape index (κ2) is 8.30. The first-order valence-corrected chi connectivity index (χ1v) is 7.95. The highest BCUT2D eigenvalue weighted by Crippen LogP contribution is 2.19. The van der Waals surface area contributed by atoms with Crippen LogP contribution in [0.4, 0.5) is 11.4 Å². The fraction of sp³-hybridized carbons (Fsp3) is 0.167. The minimum atomic E-state index is -0.891. The van der Waals surface area contributed by atoms with Crippen LogP contribution >= 0.6 is 11.6 Å². The van der Waals surface area contributed by atoms with Gasteiger partial charge in [0.1, 0.15) is 0 Å². The van der Waals surface area contributed by atoms with E-state index in [4.69, 9.17) is 11.6 Å². The third-order valence-electron chi connectivity index (χ3n) is 3.38. The Bertz CT molecular complexity index is 804. The molecule has 3 amide bonds. The van der Waals surface area contributed by atoms with Crippen LogP contribution in [0.25, 0.3) is 0 Å². The van der Waals surface area contributed by atoms with Crippen LogP contribution in [0.2, 0.25) is 5.02 Å². The van der Waals surface area contributed by atoms with Gasteiger partial charge in [-0.1, -0.05) is 35.4 Å². The quantitative estimate of drug-likeness (QED) is 0.733. The Hall–Kier alpha value is -2.86. The Balaban J connectivity index is 1.81. The molecule has 25 heavy (non-hydrogen) atoms. The largest absolute Gasteiger partial charge is 0.339 e. The SMILES string of the molecule is Cc1ccc(NC(=O)C(=O)NCC(=O)Nc2ccc(C)c(Cl)c2)cc1. The van der Waals surface area contributed by atoms with E-state index in [0.29, 0.717) is 16.4 Å². The molecule has 0 bridgehead atoms. The second-order valence-corrected chi connectivity index (χ2v) is 5.92. The summed E-state index contributed by atoms with van der Waals surface area (Å²) in [7, 11) is 0. The molecular formula is C18H18ClN3O3. The normalized spacial score (nSPS) is 10.0. The van der Waals surface area contributed by atoms with Crippen molar-refractivity contribution in [1.29, 1.82) is 0 Å². The van der Waals surface area contributed by atoms with Gasteiger partial charge < -0.3 is 16.0 Å². The maximum atomic E-state index is 11.8. The van der Waals surface area contributed by atoms with E-state index in [9.17, 15) is 14.4 Å². The Morgan fingerprint density at radius 3 is 2.16 bits per heavy atom. The van der Waals surface area contributed by atoms with E-state index in [0.717, 1.165) is 11.1 Å². The molecule has 0 saturated carbocycles. The predicted molar refractivity (Wildman–Crippen MR) is 97.6 cm³/mol. The lowest BCUT2D eigenvalue weighted by atomic mass is 10.2. The van der Waals surface area contributed by atoms with Crippen LogP contribution in [0.1, 0.15) is 11.1 Å². The highest BCUT2D eigenvalue weighted by molar-refractivity contribution is 6.40. The first-order valence-electron chi connectivity index (χ1n) is 7.57. The molecule has 2 rings (SSSR count). The highest BCUT2D eigenvalue weighted by atomic mass is 35.5.